The number of H-pyrrole nitrogens is 2. The Hall–Kier alpha value is -5.53. The van der Waals surface area contributed by atoms with Gasteiger partial charge < -0.3 is 42.7 Å². The van der Waals surface area contributed by atoms with Crippen LogP contribution >= 0.6 is 0 Å². The van der Waals surface area contributed by atoms with Crippen molar-refractivity contribution in [2.75, 3.05) is 36.8 Å². The molecule has 0 aliphatic rings. The third-order valence-corrected chi connectivity index (χ3v) is 6.32. The van der Waals surface area contributed by atoms with Crippen LogP contribution in [0.15, 0.2) is 66.7 Å². The molecular weight excluding hydrogens is 538 g/mol. The average molecular weight is 568 g/mol. The van der Waals surface area contributed by atoms with Crippen molar-refractivity contribution in [1.29, 1.82) is 0 Å². The van der Waals surface area contributed by atoms with E-state index in [9.17, 15) is 19.2 Å². The van der Waals surface area contributed by atoms with E-state index in [1.54, 1.807) is 54.6 Å². The molecule has 0 bridgehead atoms. The minimum atomic E-state index is -0.510. The Morgan fingerprint density at radius 1 is 0.619 bits per heavy atom. The summed E-state index contributed by atoms with van der Waals surface area (Å²) in [4.78, 5) is 60.6. The highest BCUT2D eigenvalue weighted by Gasteiger charge is 2.15. The number of amides is 4. The molecule has 0 aliphatic heterocycles. The first-order chi connectivity index (χ1) is 20.3. The van der Waals surface area contributed by atoms with Crippen LogP contribution in [0.2, 0.25) is 0 Å². The number of hydrogen-bond acceptors (Lipinski definition) is 7. The first-order valence-electron chi connectivity index (χ1n) is 13.2. The van der Waals surface area contributed by atoms with E-state index in [-0.39, 0.29) is 23.2 Å². The van der Waals surface area contributed by atoms with Gasteiger partial charge >= 0.3 is 0 Å². The Kier molecular flexibility index (Phi) is 8.22. The van der Waals surface area contributed by atoms with Crippen molar-refractivity contribution in [1.82, 2.24) is 25.6 Å². The van der Waals surface area contributed by atoms with Gasteiger partial charge in [0, 0.05) is 59.4 Å². The third kappa shape index (κ3) is 6.27. The van der Waals surface area contributed by atoms with E-state index in [2.05, 4.69) is 36.2 Å². The number of nitrogens with one attached hydrogen (secondary N) is 6. The van der Waals surface area contributed by atoms with Crippen LogP contribution in [0.4, 0.5) is 11.4 Å². The number of pyridine rings is 1. The van der Waals surface area contributed by atoms with Crippen LogP contribution in [0.25, 0.3) is 21.8 Å². The number of aromatic nitrogens is 3. The molecule has 3 heterocycles. The number of aromatic amines is 2. The fourth-order valence-corrected chi connectivity index (χ4v) is 4.29. The highest BCUT2D eigenvalue weighted by atomic mass is 16.2. The number of carbonyl (C=O) groups excluding carboxylic acids is 4. The molecule has 5 rings (SSSR count). The lowest BCUT2D eigenvalue weighted by atomic mass is 10.2. The highest BCUT2D eigenvalue weighted by molar-refractivity contribution is 6.07. The molecule has 214 valence electrons. The van der Waals surface area contributed by atoms with E-state index in [0.29, 0.717) is 60.0 Å². The molecule has 0 atom stereocenters. The number of anilines is 2. The zero-order valence-corrected chi connectivity index (χ0v) is 22.4. The monoisotopic (exact) mass is 567 g/mol. The molecule has 0 aliphatic carbocycles. The van der Waals surface area contributed by atoms with Crippen LogP contribution in [0, 0.1) is 0 Å². The van der Waals surface area contributed by atoms with Crippen LogP contribution in [-0.4, -0.2) is 64.8 Å². The standard InChI is InChI=1S/C29H29N9O4/c30-8-10-32-26(39)24-12-16-4-6-18(14-22(16)37-24)34-28(41)20-2-1-3-21(36-20)29(42)35-19-7-5-17-13-25(38-23(17)15-19)27(40)33-11-9-31/h1-7,12-15,37-38H,8-11,30-31H2,(H,32,39)(H,33,40)(H,34,41)(H,35,42). The van der Waals surface area contributed by atoms with E-state index in [1.165, 1.54) is 12.1 Å². The maximum atomic E-state index is 12.9. The molecule has 3 aromatic heterocycles. The zero-order chi connectivity index (χ0) is 29.6. The van der Waals surface area contributed by atoms with E-state index in [1.807, 2.05) is 0 Å². The molecule has 13 heteroatoms. The predicted octanol–water partition coefficient (Wildman–Crippen LogP) is 1.93. The van der Waals surface area contributed by atoms with Gasteiger partial charge in [0.2, 0.25) is 0 Å². The lowest BCUT2D eigenvalue weighted by Crippen LogP contribution is -2.29. The molecule has 42 heavy (non-hydrogen) atoms. The number of nitrogens with two attached hydrogens (primary N) is 2. The van der Waals surface area contributed by atoms with Crippen LogP contribution in [0.3, 0.4) is 0 Å². The summed E-state index contributed by atoms with van der Waals surface area (Å²) in [6.45, 7) is 1.39. The largest absolute Gasteiger partial charge is 0.350 e. The maximum absolute atomic E-state index is 12.9. The number of rotatable bonds is 10. The van der Waals surface area contributed by atoms with Gasteiger partial charge in [-0.05, 0) is 48.5 Å². The van der Waals surface area contributed by atoms with Gasteiger partial charge in [-0.25, -0.2) is 4.98 Å². The summed E-state index contributed by atoms with van der Waals surface area (Å²) in [6.07, 6.45) is 0. The molecule has 10 N–H and O–H groups in total. The normalized spacial score (nSPS) is 10.9. The van der Waals surface area contributed by atoms with Crippen LogP contribution in [-0.2, 0) is 0 Å². The summed E-state index contributed by atoms with van der Waals surface area (Å²) in [7, 11) is 0. The van der Waals surface area contributed by atoms with Gasteiger partial charge in [0.1, 0.15) is 22.8 Å². The smallest absolute Gasteiger partial charge is 0.274 e. The molecule has 0 radical (unpaired) electrons. The highest BCUT2D eigenvalue weighted by Crippen LogP contribution is 2.22. The number of hydrogen-bond donors (Lipinski definition) is 8. The first-order valence-corrected chi connectivity index (χ1v) is 13.2. The molecular formula is C29H29N9O4. The molecule has 0 spiro atoms. The van der Waals surface area contributed by atoms with E-state index < -0.39 is 11.8 Å². The van der Waals surface area contributed by atoms with Crippen molar-refractivity contribution >= 4 is 56.8 Å². The van der Waals surface area contributed by atoms with Crippen molar-refractivity contribution in [2.24, 2.45) is 11.5 Å². The second-order valence-corrected chi connectivity index (χ2v) is 9.38. The Bertz CT molecular complexity index is 1680. The van der Waals surface area contributed by atoms with Gasteiger partial charge in [0.25, 0.3) is 23.6 Å². The predicted molar refractivity (Wildman–Crippen MR) is 160 cm³/mol. The van der Waals surface area contributed by atoms with Crippen molar-refractivity contribution in [3.05, 3.63) is 89.5 Å². The fraction of sp³-hybridized carbons (Fsp3) is 0.138. The minimum absolute atomic E-state index is 0.0454. The van der Waals surface area contributed by atoms with Gasteiger partial charge in [-0.15, -0.1) is 0 Å². The second-order valence-electron chi connectivity index (χ2n) is 9.38. The molecule has 0 saturated carbocycles. The number of benzene rings is 2. The van der Waals surface area contributed by atoms with Crippen LogP contribution in [0.5, 0.6) is 0 Å². The zero-order valence-electron chi connectivity index (χ0n) is 22.4. The summed E-state index contributed by atoms with van der Waals surface area (Å²) >= 11 is 0. The quantitative estimate of drug-likeness (QED) is 0.125. The lowest BCUT2D eigenvalue weighted by Gasteiger charge is -2.08. The van der Waals surface area contributed by atoms with Crippen molar-refractivity contribution < 1.29 is 19.2 Å². The molecule has 0 saturated heterocycles. The summed E-state index contributed by atoms with van der Waals surface area (Å²) in [5.41, 5.74) is 14.0. The fourth-order valence-electron chi connectivity index (χ4n) is 4.29. The molecule has 13 nitrogen and oxygen atoms in total. The van der Waals surface area contributed by atoms with Crippen LogP contribution < -0.4 is 32.7 Å². The van der Waals surface area contributed by atoms with Gasteiger partial charge in [-0.2, -0.15) is 0 Å². The molecule has 0 unspecified atom stereocenters. The Balaban J connectivity index is 1.26. The average Bonchev–Trinajstić information content (AvgIpc) is 3.62. The summed E-state index contributed by atoms with van der Waals surface area (Å²) in [5.74, 6) is -1.57. The van der Waals surface area contributed by atoms with E-state index >= 15 is 0 Å². The summed E-state index contributed by atoms with van der Waals surface area (Å²) in [6, 6.07) is 18.4. The number of nitrogens with zero attached hydrogens (tertiary/aromatic N) is 1. The SMILES string of the molecule is NCCNC(=O)c1cc2ccc(NC(=O)c3cccc(C(=O)Nc4ccc5cc(C(=O)NCCN)[nH]c5c4)n3)cc2[nH]1. The second kappa shape index (κ2) is 12.3. The van der Waals surface area contributed by atoms with Crippen molar-refractivity contribution in [3.8, 4) is 0 Å². The van der Waals surface area contributed by atoms with Crippen molar-refractivity contribution in [3.63, 3.8) is 0 Å². The van der Waals surface area contributed by atoms with Gasteiger partial charge in [-0.3, -0.25) is 19.2 Å². The first kappa shape index (κ1) is 28.0. The van der Waals surface area contributed by atoms with E-state index in [4.69, 9.17) is 11.5 Å². The topological polar surface area (TPSA) is 213 Å². The van der Waals surface area contributed by atoms with Crippen molar-refractivity contribution in [2.45, 2.75) is 0 Å². The molecule has 4 amide bonds. The molecule has 2 aromatic carbocycles. The maximum Gasteiger partial charge on any atom is 0.274 e. The van der Waals surface area contributed by atoms with E-state index in [0.717, 1.165) is 10.8 Å². The van der Waals surface area contributed by atoms with Gasteiger partial charge in [0.05, 0.1) is 0 Å². The van der Waals surface area contributed by atoms with Gasteiger partial charge in [0.15, 0.2) is 0 Å². The Morgan fingerprint density at radius 3 is 1.50 bits per heavy atom. The Morgan fingerprint density at radius 2 is 1.07 bits per heavy atom. The summed E-state index contributed by atoms with van der Waals surface area (Å²) in [5, 5.41) is 12.5. The molecule has 5 aromatic rings. The number of fused-ring (bicyclic) bond motifs is 2. The lowest BCUT2D eigenvalue weighted by molar-refractivity contribution is 0.0942. The number of carbonyl (C=O) groups is 4. The Labute approximate surface area is 239 Å². The molecule has 0 fully saturated rings. The minimum Gasteiger partial charge on any atom is -0.350 e. The third-order valence-electron chi connectivity index (χ3n) is 6.32. The van der Waals surface area contributed by atoms with Gasteiger partial charge in [-0.1, -0.05) is 18.2 Å². The summed E-state index contributed by atoms with van der Waals surface area (Å²) < 4.78 is 0. The van der Waals surface area contributed by atoms with Crippen LogP contribution in [0.1, 0.15) is 42.0 Å².